The number of carboxylic acid groups (broad SMARTS) is 1. The van der Waals surface area contributed by atoms with Crippen LogP contribution in [0.3, 0.4) is 0 Å². The molecule has 178 valence electrons. The SMILES string of the molecule is COc1nc(C)cc(-c2ccc(NC3(C(=O)O)CCOCC3)cc2CCC2CCOC2)c1Cl. The summed E-state index contributed by atoms with van der Waals surface area (Å²) >= 11 is 6.66. The predicted molar refractivity (Wildman–Crippen MR) is 127 cm³/mol. The van der Waals surface area contributed by atoms with Crippen molar-refractivity contribution in [3.63, 3.8) is 0 Å². The van der Waals surface area contributed by atoms with Gasteiger partial charge >= 0.3 is 5.97 Å². The van der Waals surface area contributed by atoms with Crippen molar-refractivity contribution in [1.29, 1.82) is 0 Å². The minimum absolute atomic E-state index is 0.399. The highest BCUT2D eigenvalue weighted by Gasteiger charge is 2.40. The van der Waals surface area contributed by atoms with Gasteiger partial charge in [-0.2, -0.15) is 0 Å². The molecule has 7 nitrogen and oxygen atoms in total. The molecule has 0 spiro atoms. The number of benzene rings is 1. The molecule has 8 heteroatoms. The Balaban J connectivity index is 1.70. The largest absolute Gasteiger partial charge is 0.480 e. The van der Waals surface area contributed by atoms with E-state index in [4.69, 9.17) is 25.8 Å². The van der Waals surface area contributed by atoms with Crippen LogP contribution in [0.4, 0.5) is 5.69 Å². The number of pyridine rings is 1. The van der Waals surface area contributed by atoms with Crippen LogP contribution in [0.25, 0.3) is 11.1 Å². The molecule has 1 atom stereocenters. The first-order valence-electron chi connectivity index (χ1n) is 11.4. The van der Waals surface area contributed by atoms with Crippen molar-refractivity contribution in [3.8, 4) is 17.0 Å². The summed E-state index contributed by atoms with van der Waals surface area (Å²) in [5.41, 5.74) is 3.55. The van der Waals surface area contributed by atoms with Crippen molar-refractivity contribution in [2.75, 3.05) is 38.9 Å². The van der Waals surface area contributed by atoms with E-state index < -0.39 is 11.5 Å². The van der Waals surface area contributed by atoms with Crippen molar-refractivity contribution in [2.45, 2.75) is 44.6 Å². The van der Waals surface area contributed by atoms with Crippen LogP contribution >= 0.6 is 11.6 Å². The van der Waals surface area contributed by atoms with Gasteiger partial charge in [-0.05, 0) is 61.4 Å². The number of hydrogen-bond donors (Lipinski definition) is 2. The maximum atomic E-state index is 12.1. The van der Waals surface area contributed by atoms with Crippen LogP contribution in [0.5, 0.6) is 5.88 Å². The number of aryl methyl sites for hydroxylation is 2. The van der Waals surface area contributed by atoms with Crippen LogP contribution in [0.1, 0.15) is 36.9 Å². The predicted octanol–water partition coefficient (Wildman–Crippen LogP) is 4.73. The zero-order valence-corrected chi connectivity index (χ0v) is 19.9. The molecule has 0 amide bonds. The Bertz CT molecular complexity index is 1000. The lowest BCUT2D eigenvalue weighted by Gasteiger charge is -2.35. The lowest BCUT2D eigenvalue weighted by Crippen LogP contribution is -2.50. The number of aromatic nitrogens is 1. The number of hydrogen-bond acceptors (Lipinski definition) is 6. The molecule has 4 rings (SSSR count). The average Bonchev–Trinajstić information content (AvgIpc) is 3.33. The second-order valence-electron chi connectivity index (χ2n) is 8.90. The van der Waals surface area contributed by atoms with Crippen molar-refractivity contribution in [2.24, 2.45) is 5.92 Å². The van der Waals surface area contributed by atoms with E-state index in [2.05, 4.69) is 16.4 Å². The van der Waals surface area contributed by atoms with E-state index in [1.54, 1.807) is 7.11 Å². The number of nitrogens with zero attached hydrogens (tertiary/aromatic N) is 1. The second-order valence-corrected chi connectivity index (χ2v) is 9.28. The third-order valence-corrected chi connectivity index (χ3v) is 6.99. The van der Waals surface area contributed by atoms with Crippen LogP contribution in [-0.4, -0.2) is 55.1 Å². The first-order chi connectivity index (χ1) is 15.9. The molecule has 0 saturated carbocycles. The standard InChI is InChI=1S/C25H31ClN2O5/c1-16-13-21(22(26)23(27-16)31-2)20-6-5-19(14-18(20)4-3-17-7-10-33-15-17)28-25(24(29)30)8-11-32-12-9-25/h5-6,13-14,17,28H,3-4,7-12,15H2,1-2H3,(H,29,30). The Hall–Kier alpha value is -2.35. The van der Waals surface area contributed by atoms with Crippen molar-refractivity contribution in [1.82, 2.24) is 4.98 Å². The highest BCUT2D eigenvalue weighted by molar-refractivity contribution is 6.34. The zero-order valence-electron chi connectivity index (χ0n) is 19.2. The number of halogens is 1. The van der Waals surface area contributed by atoms with Gasteiger partial charge in [-0.25, -0.2) is 9.78 Å². The van der Waals surface area contributed by atoms with Gasteiger partial charge in [0.2, 0.25) is 5.88 Å². The minimum atomic E-state index is -1.02. The van der Waals surface area contributed by atoms with Crippen molar-refractivity contribution < 1.29 is 24.1 Å². The Morgan fingerprint density at radius 2 is 2.03 bits per heavy atom. The Labute approximate surface area is 199 Å². The van der Waals surface area contributed by atoms with Crippen LogP contribution in [0.15, 0.2) is 24.3 Å². The number of carbonyl (C=O) groups is 1. The summed E-state index contributed by atoms with van der Waals surface area (Å²) in [6.07, 6.45) is 3.74. The minimum Gasteiger partial charge on any atom is -0.480 e. The van der Waals surface area contributed by atoms with E-state index in [9.17, 15) is 9.90 Å². The smallest absolute Gasteiger partial charge is 0.329 e. The third kappa shape index (κ3) is 5.26. The van der Waals surface area contributed by atoms with Crippen LogP contribution in [0.2, 0.25) is 5.02 Å². The Morgan fingerprint density at radius 3 is 2.70 bits per heavy atom. The number of anilines is 1. The van der Waals surface area contributed by atoms with E-state index in [0.717, 1.165) is 60.5 Å². The molecule has 1 aromatic heterocycles. The van der Waals surface area contributed by atoms with Gasteiger partial charge in [-0.3, -0.25) is 0 Å². The molecule has 3 heterocycles. The van der Waals surface area contributed by atoms with Gasteiger partial charge in [0.05, 0.1) is 7.11 Å². The van der Waals surface area contributed by atoms with Crippen molar-refractivity contribution >= 4 is 23.3 Å². The number of methoxy groups -OCH3 is 1. The maximum absolute atomic E-state index is 12.1. The molecule has 0 radical (unpaired) electrons. The van der Waals surface area contributed by atoms with E-state index in [-0.39, 0.29) is 0 Å². The van der Waals surface area contributed by atoms with E-state index in [1.165, 1.54) is 0 Å². The monoisotopic (exact) mass is 474 g/mol. The number of carboxylic acids is 1. The van der Waals surface area contributed by atoms with E-state index in [1.807, 2.05) is 25.1 Å². The molecule has 2 saturated heterocycles. The molecule has 1 unspecified atom stereocenters. The lowest BCUT2D eigenvalue weighted by atomic mass is 9.88. The molecule has 0 aliphatic carbocycles. The van der Waals surface area contributed by atoms with E-state index in [0.29, 0.717) is 42.9 Å². The average molecular weight is 475 g/mol. The van der Waals surface area contributed by atoms with E-state index >= 15 is 0 Å². The number of aliphatic carboxylic acids is 1. The first kappa shape index (κ1) is 23.8. The van der Waals surface area contributed by atoms with Crippen LogP contribution in [-0.2, 0) is 20.7 Å². The second kappa shape index (κ2) is 10.3. The number of rotatable bonds is 8. The summed E-state index contributed by atoms with van der Waals surface area (Å²) < 4.78 is 16.3. The summed E-state index contributed by atoms with van der Waals surface area (Å²) in [6.45, 7) is 4.37. The van der Waals surface area contributed by atoms with Crippen LogP contribution < -0.4 is 10.1 Å². The summed E-state index contributed by atoms with van der Waals surface area (Å²) in [5.74, 6) is 0.0765. The number of ether oxygens (including phenoxy) is 3. The molecule has 0 bridgehead atoms. The highest BCUT2D eigenvalue weighted by atomic mass is 35.5. The maximum Gasteiger partial charge on any atom is 0.329 e. The zero-order chi connectivity index (χ0) is 23.4. The first-order valence-corrected chi connectivity index (χ1v) is 11.8. The molecular weight excluding hydrogens is 444 g/mol. The fraction of sp³-hybridized carbons (Fsp3) is 0.520. The summed E-state index contributed by atoms with van der Waals surface area (Å²) in [4.78, 5) is 16.5. The van der Waals surface area contributed by atoms with Crippen LogP contribution in [0, 0.1) is 12.8 Å². The molecule has 2 fully saturated rings. The molecule has 2 N–H and O–H groups in total. The molecular formula is C25H31ClN2O5. The molecule has 2 aliphatic heterocycles. The summed E-state index contributed by atoms with van der Waals surface area (Å²) in [7, 11) is 1.56. The highest BCUT2D eigenvalue weighted by Crippen LogP contribution is 2.39. The third-order valence-electron chi connectivity index (χ3n) is 6.63. The topological polar surface area (TPSA) is 89.9 Å². The normalized spacial score (nSPS) is 19.9. The number of nitrogens with one attached hydrogen (secondary N) is 1. The Kier molecular flexibility index (Phi) is 7.41. The van der Waals surface area contributed by atoms with Crippen molar-refractivity contribution in [3.05, 3.63) is 40.5 Å². The van der Waals surface area contributed by atoms with Gasteiger partial charge in [0, 0.05) is 56.2 Å². The lowest BCUT2D eigenvalue weighted by molar-refractivity contribution is -0.145. The summed E-state index contributed by atoms with van der Waals surface area (Å²) in [5, 5.41) is 13.7. The molecule has 33 heavy (non-hydrogen) atoms. The van der Waals surface area contributed by atoms with Gasteiger partial charge < -0.3 is 24.6 Å². The fourth-order valence-electron chi connectivity index (χ4n) is 4.66. The molecule has 2 aliphatic rings. The molecule has 2 aromatic rings. The van der Waals surface area contributed by atoms with Gasteiger partial charge in [0.1, 0.15) is 10.6 Å². The van der Waals surface area contributed by atoms with Gasteiger partial charge in [0.25, 0.3) is 0 Å². The molecule has 1 aromatic carbocycles. The Morgan fingerprint density at radius 1 is 1.24 bits per heavy atom. The quantitative estimate of drug-likeness (QED) is 0.571. The van der Waals surface area contributed by atoms with Gasteiger partial charge in [-0.1, -0.05) is 17.7 Å². The van der Waals surface area contributed by atoms with Gasteiger partial charge in [0.15, 0.2) is 0 Å². The fourth-order valence-corrected chi connectivity index (χ4v) is 4.94. The van der Waals surface area contributed by atoms with Gasteiger partial charge in [-0.15, -0.1) is 0 Å². The summed E-state index contributed by atoms with van der Waals surface area (Å²) in [6, 6.07) is 7.96.